The molecule has 0 fully saturated rings. The zero-order chi connectivity index (χ0) is 12.3. The molecule has 1 aromatic heterocycles. The second kappa shape index (κ2) is 4.95. The lowest BCUT2D eigenvalue weighted by Gasteiger charge is -2.17. The fourth-order valence-corrected chi connectivity index (χ4v) is 3.93. The normalized spacial score (nSPS) is 12.0. The Morgan fingerprint density at radius 1 is 1.50 bits per heavy atom. The summed E-state index contributed by atoms with van der Waals surface area (Å²) in [7, 11) is -1.87. The van der Waals surface area contributed by atoms with Crippen LogP contribution in [0.5, 0.6) is 0 Å². The van der Waals surface area contributed by atoms with Gasteiger partial charge in [-0.3, -0.25) is 0 Å². The van der Waals surface area contributed by atoms with Crippen LogP contribution < -0.4 is 0 Å². The molecule has 0 N–H and O–H groups in total. The quantitative estimate of drug-likeness (QED) is 0.828. The molecule has 0 saturated carbocycles. The third kappa shape index (κ3) is 2.82. The smallest absolute Gasteiger partial charge is 0.206 e. The third-order valence-corrected chi connectivity index (χ3v) is 5.26. The van der Waals surface area contributed by atoms with Crippen LogP contribution >= 0.6 is 11.3 Å². The van der Waals surface area contributed by atoms with Crippen molar-refractivity contribution in [2.45, 2.75) is 18.1 Å². The van der Waals surface area contributed by atoms with Crippen molar-refractivity contribution >= 4 is 21.4 Å². The number of hydrogen-bond acceptors (Lipinski definition) is 4. The molecule has 0 aromatic carbocycles. The summed E-state index contributed by atoms with van der Waals surface area (Å²) < 4.78 is 25.6. The summed E-state index contributed by atoms with van der Waals surface area (Å²) in [5.74, 6) is 0.273. The second-order valence-electron chi connectivity index (χ2n) is 3.91. The van der Waals surface area contributed by atoms with E-state index in [4.69, 9.17) is 5.26 Å². The molecule has 0 radical (unpaired) electrons. The summed E-state index contributed by atoms with van der Waals surface area (Å²) in [6, 6.07) is 4.94. The second-order valence-corrected chi connectivity index (χ2v) is 7.27. The van der Waals surface area contributed by atoms with Gasteiger partial charge in [-0.15, -0.1) is 11.3 Å². The van der Waals surface area contributed by atoms with E-state index in [1.165, 1.54) is 16.4 Å². The average molecular weight is 258 g/mol. The molecular formula is C10H14N2O2S2. The van der Waals surface area contributed by atoms with Gasteiger partial charge in [-0.2, -0.15) is 9.57 Å². The molecule has 0 aliphatic rings. The molecule has 0 aliphatic heterocycles. The largest absolute Gasteiger partial charge is 0.252 e. The minimum Gasteiger partial charge on any atom is -0.206 e. The average Bonchev–Trinajstić information content (AvgIpc) is 2.65. The number of hydrogen-bond donors (Lipinski definition) is 0. The standard InChI is InChI=1S/C10H14N2O2S2/c1-8(2)7-12(3)16(13,14)10-5-4-9(6-11)15-10/h4-5,8H,7H2,1-3H3. The van der Waals surface area contributed by atoms with E-state index in [9.17, 15) is 8.42 Å². The first-order valence-corrected chi connectivity index (χ1v) is 7.10. The molecule has 1 rings (SSSR count). The first-order chi connectivity index (χ1) is 7.37. The maximum atomic E-state index is 12.0. The van der Waals surface area contributed by atoms with Crippen molar-refractivity contribution in [3.8, 4) is 6.07 Å². The Morgan fingerprint density at radius 2 is 2.12 bits per heavy atom. The topological polar surface area (TPSA) is 61.2 Å². The number of rotatable bonds is 4. The van der Waals surface area contributed by atoms with E-state index in [-0.39, 0.29) is 10.1 Å². The van der Waals surface area contributed by atoms with Gasteiger partial charge >= 0.3 is 0 Å². The number of thiophene rings is 1. The Morgan fingerprint density at radius 3 is 2.56 bits per heavy atom. The molecule has 1 aromatic rings. The van der Waals surface area contributed by atoms with E-state index in [2.05, 4.69) is 0 Å². The molecule has 0 bridgehead atoms. The van der Waals surface area contributed by atoms with Crippen LogP contribution in [-0.2, 0) is 10.0 Å². The minimum absolute atomic E-state index is 0.229. The lowest BCUT2D eigenvalue weighted by Crippen LogP contribution is -2.29. The van der Waals surface area contributed by atoms with Crippen molar-refractivity contribution in [2.24, 2.45) is 5.92 Å². The lowest BCUT2D eigenvalue weighted by atomic mass is 10.2. The van der Waals surface area contributed by atoms with Crippen molar-refractivity contribution in [3.05, 3.63) is 17.0 Å². The highest BCUT2D eigenvalue weighted by Crippen LogP contribution is 2.24. The van der Waals surface area contributed by atoms with Crippen LogP contribution in [0.1, 0.15) is 18.7 Å². The molecule has 88 valence electrons. The maximum Gasteiger partial charge on any atom is 0.252 e. The highest BCUT2D eigenvalue weighted by molar-refractivity contribution is 7.91. The van der Waals surface area contributed by atoms with Crippen molar-refractivity contribution in [2.75, 3.05) is 13.6 Å². The summed E-state index contributed by atoms with van der Waals surface area (Å²) in [5.41, 5.74) is 0. The molecule has 0 saturated heterocycles. The number of sulfonamides is 1. The van der Waals surface area contributed by atoms with Crippen LogP contribution in [0.25, 0.3) is 0 Å². The van der Waals surface area contributed by atoms with Crippen molar-refractivity contribution in [1.82, 2.24) is 4.31 Å². The molecule has 0 spiro atoms. The number of nitriles is 1. The summed E-state index contributed by atoms with van der Waals surface area (Å²) in [6.07, 6.45) is 0. The Hall–Kier alpha value is -0.900. The van der Waals surface area contributed by atoms with Gasteiger partial charge in [0.05, 0.1) is 0 Å². The highest BCUT2D eigenvalue weighted by Gasteiger charge is 2.23. The first kappa shape index (κ1) is 13.2. The Bertz CT molecular complexity index is 497. The summed E-state index contributed by atoms with van der Waals surface area (Å²) >= 11 is 1.00. The molecule has 6 heteroatoms. The fourth-order valence-electron chi connectivity index (χ4n) is 1.28. The molecule has 0 atom stereocenters. The van der Waals surface area contributed by atoms with Gasteiger partial charge in [0.1, 0.15) is 15.2 Å². The Labute approximate surface area is 100 Å². The van der Waals surface area contributed by atoms with Gasteiger partial charge in [-0.1, -0.05) is 13.8 Å². The van der Waals surface area contributed by atoms with Crippen LogP contribution in [0.15, 0.2) is 16.3 Å². The fraction of sp³-hybridized carbons (Fsp3) is 0.500. The highest BCUT2D eigenvalue weighted by atomic mass is 32.2. The number of nitrogens with zero attached hydrogens (tertiary/aromatic N) is 2. The van der Waals surface area contributed by atoms with Crippen molar-refractivity contribution < 1.29 is 8.42 Å². The molecule has 1 heterocycles. The van der Waals surface area contributed by atoms with Crippen LogP contribution in [0.3, 0.4) is 0 Å². The maximum absolute atomic E-state index is 12.0. The third-order valence-electron chi connectivity index (χ3n) is 1.98. The van der Waals surface area contributed by atoms with E-state index in [0.717, 1.165) is 11.3 Å². The van der Waals surface area contributed by atoms with E-state index in [1.54, 1.807) is 7.05 Å². The summed E-state index contributed by atoms with van der Waals surface area (Å²) in [4.78, 5) is 0.413. The van der Waals surface area contributed by atoms with Crippen molar-refractivity contribution in [3.63, 3.8) is 0 Å². The molecule has 0 unspecified atom stereocenters. The monoisotopic (exact) mass is 258 g/mol. The zero-order valence-electron chi connectivity index (χ0n) is 9.47. The van der Waals surface area contributed by atoms with Gasteiger partial charge in [0.25, 0.3) is 10.0 Å². The van der Waals surface area contributed by atoms with E-state index in [1.807, 2.05) is 19.9 Å². The first-order valence-electron chi connectivity index (χ1n) is 4.84. The van der Waals surface area contributed by atoms with E-state index >= 15 is 0 Å². The molecule has 0 amide bonds. The SMILES string of the molecule is CC(C)CN(C)S(=O)(=O)c1ccc(C#N)s1. The Kier molecular flexibility index (Phi) is 4.08. The predicted octanol–water partition coefficient (Wildman–Crippen LogP) is 1.90. The predicted molar refractivity (Wildman–Crippen MR) is 63.7 cm³/mol. The van der Waals surface area contributed by atoms with E-state index < -0.39 is 10.0 Å². The van der Waals surface area contributed by atoms with Gasteiger partial charge in [-0.25, -0.2) is 8.42 Å². The van der Waals surface area contributed by atoms with Gasteiger partial charge in [0, 0.05) is 13.6 Å². The molecule has 4 nitrogen and oxygen atoms in total. The Balaban J connectivity index is 2.98. The van der Waals surface area contributed by atoms with Crippen molar-refractivity contribution in [1.29, 1.82) is 5.26 Å². The minimum atomic E-state index is -3.42. The van der Waals surface area contributed by atoms with Crippen LogP contribution in [-0.4, -0.2) is 26.3 Å². The van der Waals surface area contributed by atoms with Gasteiger partial charge in [-0.05, 0) is 18.1 Å². The summed E-state index contributed by atoms with van der Waals surface area (Å²) in [6.45, 7) is 4.39. The van der Waals surface area contributed by atoms with Crippen LogP contribution in [0.4, 0.5) is 0 Å². The van der Waals surface area contributed by atoms with Crippen LogP contribution in [0, 0.1) is 17.2 Å². The molecule has 16 heavy (non-hydrogen) atoms. The van der Waals surface area contributed by atoms with Gasteiger partial charge in [0.15, 0.2) is 0 Å². The van der Waals surface area contributed by atoms with Gasteiger partial charge in [0.2, 0.25) is 0 Å². The zero-order valence-corrected chi connectivity index (χ0v) is 11.1. The lowest BCUT2D eigenvalue weighted by molar-refractivity contribution is 0.418. The summed E-state index contributed by atoms with van der Waals surface area (Å²) in [5, 5.41) is 8.65. The van der Waals surface area contributed by atoms with E-state index in [0.29, 0.717) is 11.4 Å². The van der Waals surface area contributed by atoms with Gasteiger partial charge < -0.3 is 0 Å². The molecule has 0 aliphatic carbocycles. The van der Waals surface area contributed by atoms with Crippen LogP contribution in [0.2, 0.25) is 0 Å². The molecular weight excluding hydrogens is 244 g/mol.